The van der Waals surface area contributed by atoms with Crippen molar-refractivity contribution < 1.29 is 14.6 Å². The van der Waals surface area contributed by atoms with Crippen molar-refractivity contribution in [3.63, 3.8) is 0 Å². The molecule has 1 heterocycles. The number of anilines is 1. The lowest BCUT2D eigenvalue weighted by Gasteiger charge is -2.11. The highest BCUT2D eigenvalue weighted by molar-refractivity contribution is 7.99. The molecule has 178 valence electrons. The Bertz CT molecular complexity index is 1300. The lowest BCUT2D eigenvalue weighted by Crippen LogP contribution is -2.20. The number of phenols is 1. The van der Waals surface area contributed by atoms with Gasteiger partial charge in [-0.15, -0.1) is 10.2 Å². The smallest absolute Gasteiger partial charge is 0.250 e. The van der Waals surface area contributed by atoms with Gasteiger partial charge in [-0.25, -0.2) is 5.43 Å². The third-order valence-corrected chi connectivity index (χ3v) is 5.83. The number of nitrogens with one attached hydrogen (secondary N) is 2. The number of rotatable bonds is 10. The number of thioether (sulfide) groups is 1. The van der Waals surface area contributed by atoms with Crippen LogP contribution in [-0.4, -0.2) is 44.9 Å². The summed E-state index contributed by atoms with van der Waals surface area (Å²) in [6.45, 7) is 0.465. The van der Waals surface area contributed by atoms with Crippen molar-refractivity contribution >= 4 is 29.6 Å². The van der Waals surface area contributed by atoms with Gasteiger partial charge in [0, 0.05) is 16.9 Å². The van der Waals surface area contributed by atoms with Gasteiger partial charge in [-0.1, -0.05) is 48.2 Å². The van der Waals surface area contributed by atoms with Gasteiger partial charge in [-0.2, -0.15) is 5.10 Å². The molecule has 0 aliphatic rings. The second-order valence-electron chi connectivity index (χ2n) is 7.30. The fraction of sp³-hybridized carbons (Fsp3) is 0.120. The monoisotopic (exact) mass is 488 g/mol. The molecule has 1 aromatic heterocycles. The van der Waals surface area contributed by atoms with Crippen LogP contribution in [0.3, 0.4) is 0 Å². The number of hydrazone groups is 1. The molecule has 3 aromatic carbocycles. The first-order valence-corrected chi connectivity index (χ1v) is 11.7. The highest BCUT2D eigenvalue weighted by Gasteiger charge is 2.15. The number of ether oxygens (including phenoxy) is 1. The summed E-state index contributed by atoms with van der Waals surface area (Å²) in [5.41, 5.74) is 4.77. The molecule has 4 rings (SSSR count). The number of para-hydroxylation sites is 2. The normalized spacial score (nSPS) is 10.9. The molecule has 9 nitrogen and oxygen atoms in total. The second kappa shape index (κ2) is 11.7. The van der Waals surface area contributed by atoms with Crippen molar-refractivity contribution in [2.45, 2.75) is 11.7 Å². The van der Waals surface area contributed by atoms with E-state index in [0.29, 0.717) is 23.0 Å². The summed E-state index contributed by atoms with van der Waals surface area (Å²) in [4.78, 5) is 12.4. The van der Waals surface area contributed by atoms with Gasteiger partial charge in [0.15, 0.2) is 11.0 Å². The van der Waals surface area contributed by atoms with E-state index in [4.69, 9.17) is 4.74 Å². The number of methoxy groups -OCH3 is 1. The van der Waals surface area contributed by atoms with Gasteiger partial charge in [-0.3, -0.25) is 9.36 Å². The van der Waals surface area contributed by atoms with E-state index in [9.17, 15) is 9.90 Å². The zero-order chi connectivity index (χ0) is 24.5. The minimum atomic E-state index is -0.319. The molecule has 0 unspecified atom stereocenters. The van der Waals surface area contributed by atoms with Crippen LogP contribution in [0.2, 0.25) is 0 Å². The summed E-state index contributed by atoms with van der Waals surface area (Å²) in [7, 11) is 1.53. The van der Waals surface area contributed by atoms with Gasteiger partial charge in [0.1, 0.15) is 11.5 Å². The Morgan fingerprint density at radius 2 is 1.83 bits per heavy atom. The maximum atomic E-state index is 12.4. The summed E-state index contributed by atoms with van der Waals surface area (Å²) in [6.07, 6.45) is 1.36. The maximum Gasteiger partial charge on any atom is 0.250 e. The summed E-state index contributed by atoms with van der Waals surface area (Å²) in [5, 5.41) is 26.4. The highest BCUT2D eigenvalue weighted by atomic mass is 32.2. The average molecular weight is 489 g/mol. The standard InChI is InChI=1S/C25H24N6O3S/c1-34-21-12-13-22(32)18(14-21)15-27-29-24(33)17-35-25-30-28-23(16-26-19-8-4-2-5-9-19)31(25)20-10-6-3-7-11-20/h2-15,26,32H,16-17H2,1H3,(H,29,33)/b27-15-. The summed E-state index contributed by atoms with van der Waals surface area (Å²) < 4.78 is 7.06. The molecule has 0 radical (unpaired) electrons. The second-order valence-corrected chi connectivity index (χ2v) is 8.24. The number of amides is 1. The van der Waals surface area contributed by atoms with Crippen LogP contribution >= 0.6 is 11.8 Å². The zero-order valence-corrected chi connectivity index (χ0v) is 19.8. The van der Waals surface area contributed by atoms with E-state index < -0.39 is 0 Å². The molecule has 0 fully saturated rings. The van der Waals surface area contributed by atoms with Crippen LogP contribution in [0.4, 0.5) is 5.69 Å². The number of phenolic OH excluding ortho intramolecular Hbond substituents is 1. The summed E-state index contributed by atoms with van der Waals surface area (Å²) >= 11 is 1.25. The fourth-order valence-corrected chi connectivity index (χ4v) is 3.94. The Morgan fingerprint density at radius 1 is 1.09 bits per heavy atom. The molecule has 0 saturated carbocycles. The van der Waals surface area contributed by atoms with E-state index in [1.165, 1.54) is 31.2 Å². The SMILES string of the molecule is COc1ccc(O)c(/C=N\NC(=O)CSc2nnc(CNc3ccccc3)n2-c2ccccc2)c1. The lowest BCUT2D eigenvalue weighted by atomic mass is 10.2. The molecule has 35 heavy (non-hydrogen) atoms. The van der Waals surface area contributed by atoms with Crippen LogP contribution in [-0.2, 0) is 11.3 Å². The predicted octanol–water partition coefficient (Wildman–Crippen LogP) is 3.84. The molecule has 0 aliphatic heterocycles. The summed E-state index contributed by atoms with van der Waals surface area (Å²) in [6, 6.07) is 24.3. The Kier molecular flexibility index (Phi) is 7.97. The van der Waals surface area contributed by atoms with E-state index in [2.05, 4.69) is 26.0 Å². The van der Waals surface area contributed by atoms with Crippen LogP contribution < -0.4 is 15.5 Å². The lowest BCUT2D eigenvalue weighted by molar-refractivity contribution is -0.118. The third-order valence-electron chi connectivity index (χ3n) is 4.90. The molecule has 0 atom stereocenters. The molecule has 0 saturated heterocycles. The topological polar surface area (TPSA) is 114 Å². The fourth-order valence-electron chi connectivity index (χ4n) is 3.18. The zero-order valence-electron chi connectivity index (χ0n) is 19.0. The minimum absolute atomic E-state index is 0.0331. The van der Waals surface area contributed by atoms with Crippen LogP contribution in [0, 0.1) is 0 Å². The Labute approximate surface area is 206 Å². The number of benzene rings is 3. The molecule has 4 aromatic rings. The van der Waals surface area contributed by atoms with Crippen LogP contribution in [0.25, 0.3) is 5.69 Å². The van der Waals surface area contributed by atoms with Crippen LogP contribution in [0.15, 0.2) is 89.1 Å². The van der Waals surface area contributed by atoms with Gasteiger partial charge >= 0.3 is 0 Å². The van der Waals surface area contributed by atoms with Crippen molar-refractivity contribution in [2.75, 3.05) is 18.2 Å². The number of aromatic hydroxyl groups is 1. The first-order chi connectivity index (χ1) is 17.1. The molecule has 0 spiro atoms. The largest absolute Gasteiger partial charge is 0.507 e. The molecule has 10 heteroatoms. The molecule has 0 aliphatic carbocycles. The average Bonchev–Trinajstić information content (AvgIpc) is 3.31. The Hall–Kier alpha value is -4.31. The molecule has 1 amide bonds. The Balaban J connectivity index is 1.42. The molecular formula is C25H24N6O3S. The number of aromatic nitrogens is 3. The van der Waals surface area contributed by atoms with E-state index in [1.54, 1.807) is 12.1 Å². The van der Waals surface area contributed by atoms with Gasteiger partial charge in [0.05, 0.1) is 25.6 Å². The molecule has 0 bridgehead atoms. The quantitative estimate of drug-likeness (QED) is 0.177. The Morgan fingerprint density at radius 3 is 2.57 bits per heavy atom. The number of carbonyl (C=O) groups excluding carboxylic acids is 1. The van der Waals surface area contributed by atoms with Crippen molar-refractivity contribution in [2.24, 2.45) is 5.10 Å². The van der Waals surface area contributed by atoms with Gasteiger partial charge < -0.3 is 15.2 Å². The van der Waals surface area contributed by atoms with Gasteiger partial charge in [-0.05, 0) is 42.5 Å². The first kappa shape index (κ1) is 23.8. The summed E-state index contributed by atoms with van der Waals surface area (Å²) in [5.74, 6) is 1.09. The third kappa shape index (κ3) is 6.39. The van der Waals surface area contributed by atoms with Gasteiger partial charge in [0.25, 0.3) is 5.91 Å². The van der Waals surface area contributed by atoms with Crippen LogP contribution in [0.5, 0.6) is 11.5 Å². The van der Waals surface area contributed by atoms with Crippen molar-refractivity contribution in [1.29, 1.82) is 0 Å². The number of nitrogens with zero attached hydrogens (tertiary/aromatic N) is 4. The highest BCUT2D eigenvalue weighted by Crippen LogP contribution is 2.23. The van der Waals surface area contributed by atoms with Crippen molar-refractivity contribution in [1.82, 2.24) is 20.2 Å². The van der Waals surface area contributed by atoms with E-state index in [0.717, 1.165) is 17.2 Å². The predicted molar refractivity (Wildman–Crippen MR) is 136 cm³/mol. The number of carbonyl (C=O) groups is 1. The van der Waals surface area contributed by atoms with Gasteiger partial charge in [0.2, 0.25) is 0 Å². The van der Waals surface area contributed by atoms with Crippen LogP contribution in [0.1, 0.15) is 11.4 Å². The number of hydrogen-bond acceptors (Lipinski definition) is 8. The molecular weight excluding hydrogens is 464 g/mol. The van der Waals surface area contributed by atoms with E-state index >= 15 is 0 Å². The number of hydrogen-bond donors (Lipinski definition) is 3. The van der Waals surface area contributed by atoms with E-state index in [-0.39, 0.29) is 17.4 Å². The molecule has 3 N–H and O–H groups in total. The maximum absolute atomic E-state index is 12.4. The first-order valence-electron chi connectivity index (χ1n) is 10.7. The minimum Gasteiger partial charge on any atom is -0.507 e. The van der Waals surface area contributed by atoms with Crippen molar-refractivity contribution in [3.8, 4) is 17.2 Å². The van der Waals surface area contributed by atoms with Crippen molar-refractivity contribution in [3.05, 3.63) is 90.3 Å². The van der Waals surface area contributed by atoms with E-state index in [1.807, 2.05) is 65.2 Å².